The van der Waals surface area contributed by atoms with Crippen LogP contribution in [0.15, 0.2) is 83.4 Å². The van der Waals surface area contributed by atoms with E-state index in [-0.39, 0.29) is 0 Å². The first-order valence-corrected chi connectivity index (χ1v) is 6.90. The Morgan fingerprint density at radius 1 is 0.714 bits per heavy atom. The molecule has 0 fully saturated rings. The van der Waals surface area contributed by atoms with E-state index < -0.39 is 0 Å². The number of rotatable bonds is 2. The van der Waals surface area contributed by atoms with Crippen LogP contribution in [0, 0.1) is 0 Å². The summed E-state index contributed by atoms with van der Waals surface area (Å²) in [6, 6.07) is 24.3. The molecule has 0 atom stereocenters. The Labute approximate surface area is 122 Å². The third-order valence-corrected chi connectivity index (χ3v) is 3.53. The normalized spacial score (nSPS) is 10.9. The number of para-hydroxylation sites is 1. The highest BCUT2D eigenvalue weighted by Crippen LogP contribution is 2.30. The van der Waals surface area contributed by atoms with Gasteiger partial charge in [-0.15, -0.1) is 0 Å². The summed E-state index contributed by atoms with van der Waals surface area (Å²) in [6.45, 7) is 0. The predicted molar refractivity (Wildman–Crippen MR) is 84.9 cm³/mol. The van der Waals surface area contributed by atoms with Crippen LogP contribution >= 0.6 is 0 Å². The van der Waals surface area contributed by atoms with Crippen molar-refractivity contribution in [1.82, 2.24) is 4.98 Å². The van der Waals surface area contributed by atoms with Crippen LogP contribution in [0.1, 0.15) is 0 Å². The van der Waals surface area contributed by atoms with Gasteiger partial charge in [-0.1, -0.05) is 42.5 Å². The minimum Gasteiger partial charge on any atom is -0.456 e. The van der Waals surface area contributed by atoms with E-state index in [2.05, 4.69) is 35.3 Å². The fraction of sp³-hybridized carbons (Fsp3) is 0. The predicted octanol–water partition coefficient (Wildman–Crippen LogP) is 5.16. The standard InChI is InChI=1S/C19H13NO/c1-2-10-18-16(6-1)13-19(21-18)15-8-5-7-14(12-15)17-9-3-4-11-20-17/h1-13H. The van der Waals surface area contributed by atoms with E-state index in [0.717, 1.165) is 33.6 Å². The van der Waals surface area contributed by atoms with Crippen molar-refractivity contribution < 1.29 is 4.42 Å². The molecule has 21 heavy (non-hydrogen) atoms. The van der Waals surface area contributed by atoms with Gasteiger partial charge in [0.1, 0.15) is 11.3 Å². The minimum absolute atomic E-state index is 0.883. The molecule has 0 unspecified atom stereocenters. The molecule has 0 amide bonds. The van der Waals surface area contributed by atoms with Gasteiger partial charge in [-0.3, -0.25) is 4.98 Å². The number of hydrogen-bond acceptors (Lipinski definition) is 2. The highest BCUT2D eigenvalue weighted by molar-refractivity contribution is 5.83. The van der Waals surface area contributed by atoms with Gasteiger partial charge < -0.3 is 4.42 Å². The van der Waals surface area contributed by atoms with Crippen molar-refractivity contribution in [3.8, 4) is 22.6 Å². The summed E-state index contributed by atoms with van der Waals surface area (Å²) in [4.78, 5) is 4.40. The summed E-state index contributed by atoms with van der Waals surface area (Å²) >= 11 is 0. The Hall–Kier alpha value is -2.87. The lowest BCUT2D eigenvalue weighted by atomic mass is 10.1. The monoisotopic (exact) mass is 271 g/mol. The fourth-order valence-electron chi connectivity index (χ4n) is 2.49. The summed E-state index contributed by atoms with van der Waals surface area (Å²) in [6.07, 6.45) is 1.81. The second-order valence-corrected chi connectivity index (χ2v) is 4.94. The van der Waals surface area contributed by atoms with E-state index in [0.29, 0.717) is 0 Å². The number of fused-ring (bicyclic) bond motifs is 1. The maximum atomic E-state index is 5.92. The SMILES string of the molecule is c1ccc(-c2cccc(-c3cc4ccccc4o3)c2)nc1. The van der Waals surface area contributed by atoms with E-state index in [1.54, 1.807) is 0 Å². The van der Waals surface area contributed by atoms with Crippen molar-refractivity contribution in [2.75, 3.05) is 0 Å². The third kappa shape index (κ3) is 2.21. The van der Waals surface area contributed by atoms with Gasteiger partial charge in [0.2, 0.25) is 0 Å². The smallest absolute Gasteiger partial charge is 0.135 e. The first-order valence-electron chi connectivity index (χ1n) is 6.90. The van der Waals surface area contributed by atoms with Gasteiger partial charge in [0.15, 0.2) is 0 Å². The van der Waals surface area contributed by atoms with Crippen molar-refractivity contribution >= 4 is 11.0 Å². The van der Waals surface area contributed by atoms with Crippen molar-refractivity contribution in [3.05, 3.63) is 79.0 Å². The molecule has 0 aliphatic carbocycles. The van der Waals surface area contributed by atoms with Gasteiger partial charge in [-0.05, 0) is 30.3 Å². The molecule has 2 nitrogen and oxygen atoms in total. The molecule has 2 aromatic heterocycles. The molecular formula is C19H13NO. The molecule has 4 rings (SSSR count). The van der Waals surface area contributed by atoms with Crippen molar-refractivity contribution in [2.24, 2.45) is 0 Å². The van der Waals surface area contributed by atoms with Crippen molar-refractivity contribution in [1.29, 1.82) is 0 Å². The molecule has 100 valence electrons. The first kappa shape index (κ1) is 11.9. The second kappa shape index (κ2) is 4.91. The lowest BCUT2D eigenvalue weighted by molar-refractivity contribution is 0.631. The average molecular weight is 271 g/mol. The lowest BCUT2D eigenvalue weighted by Crippen LogP contribution is -1.82. The third-order valence-electron chi connectivity index (χ3n) is 3.53. The topological polar surface area (TPSA) is 26.0 Å². The minimum atomic E-state index is 0.883. The summed E-state index contributed by atoms with van der Waals surface area (Å²) in [5, 5.41) is 1.12. The number of pyridine rings is 1. The number of hydrogen-bond donors (Lipinski definition) is 0. The molecule has 2 heterocycles. The van der Waals surface area contributed by atoms with E-state index in [9.17, 15) is 0 Å². The van der Waals surface area contributed by atoms with Gasteiger partial charge in [0.05, 0.1) is 5.69 Å². The number of benzene rings is 2. The Bertz CT molecular complexity index is 861. The highest BCUT2D eigenvalue weighted by atomic mass is 16.3. The zero-order valence-electron chi connectivity index (χ0n) is 11.4. The average Bonchev–Trinajstić information content (AvgIpc) is 3.00. The fourth-order valence-corrected chi connectivity index (χ4v) is 2.49. The molecular weight excluding hydrogens is 258 g/mol. The molecule has 0 radical (unpaired) electrons. The molecule has 0 saturated heterocycles. The highest BCUT2D eigenvalue weighted by Gasteiger charge is 2.07. The Balaban J connectivity index is 1.82. The van der Waals surface area contributed by atoms with E-state index in [1.807, 2.05) is 48.7 Å². The molecule has 0 bridgehead atoms. The molecule has 0 aliphatic heterocycles. The van der Waals surface area contributed by atoms with E-state index in [4.69, 9.17) is 4.42 Å². The van der Waals surface area contributed by atoms with Crippen LogP contribution in [0.25, 0.3) is 33.6 Å². The number of aromatic nitrogens is 1. The van der Waals surface area contributed by atoms with Gasteiger partial charge in [-0.2, -0.15) is 0 Å². The number of nitrogens with zero attached hydrogens (tertiary/aromatic N) is 1. The summed E-state index contributed by atoms with van der Waals surface area (Å²) in [5.41, 5.74) is 4.04. The van der Waals surface area contributed by atoms with Gasteiger partial charge >= 0.3 is 0 Å². The maximum Gasteiger partial charge on any atom is 0.135 e. The molecule has 0 aliphatic rings. The van der Waals surface area contributed by atoms with Crippen LogP contribution in [0.3, 0.4) is 0 Å². The molecule has 4 aromatic rings. The summed E-state index contributed by atoms with van der Waals surface area (Å²) in [7, 11) is 0. The Kier molecular flexibility index (Phi) is 2.79. The molecule has 0 N–H and O–H groups in total. The zero-order chi connectivity index (χ0) is 14.1. The number of furan rings is 1. The largest absolute Gasteiger partial charge is 0.456 e. The first-order chi connectivity index (χ1) is 10.4. The zero-order valence-corrected chi connectivity index (χ0v) is 11.4. The van der Waals surface area contributed by atoms with Crippen LogP contribution in [0.4, 0.5) is 0 Å². The van der Waals surface area contributed by atoms with Gasteiger partial charge in [0, 0.05) is 22.7 Å². The maximum absolute atomic E-state index is 5.92. The second-order valence-electron chi connectivity index (χ2n) is 4.94. The van der Waals surface area contributed by atoms with Gasteiger partial charge in [0.25, 0.3) is 0 Å². The van der Waals surface area contributed by atoms with Crippen molar-refractivity contribution in [3.63, 3.8) is 0 Å². The lowest BCUT2D eigenvalue weighted by Gasteiger charge is -2.02. The van der Waals surface area contributed by atoms with Crippen LogP contribution < -0.4 is 0 Å². The molecule has 0 saturated carbocycles. The van der Waals surface area contributed by atoms with Crippen LogP contribution in [-0.2, 0) is 0 Å². The molecule has 2 aromatic carbocycles. The Morgan fingerprint density at radius 3 is 2.43 bits per heavy atom. The Morgan fingerprint density at radius 2 is 1.57 bits per heavy atom. The van der Waals surface area contributed by atoms with Crippen molar-refractivity contribution in [2.45, 2.75) is 0 Å². The summed E-state index contributed by atoms with van der Waals surface area (Å²) < 4.78 is 5.92. The molecule has 0 spiro atoms. The van der Waals surface area contributed by atoms with Gasteiger partial charge in [-0.25, -0.2) is 0 Å². The van der Waals surface area contributed by atoms with Crippen LogP contribution in [0.2, 0.25) is 0 Å². The van der Waals surface area contributed by atoms with Crippen LogP contribution in [0.5, 0.6) is 0 Å². The van der Waals surface area contributed by atoms with E-state index in [1.165, 1.54) is 0 Å². The van der Waals surface area contributed by atoms with E-state index >= 15 is 0 Å². The summed E-state index contributed by atoms with van der Waals surface area (Å²) in [5.74, 6) is 0.883. The van der Waals surface area contributed by atoms with Crippen LogP contribution in [-0.4, -0.2) is 4.98 Å². The quantitative estimate of drug-likeness (QED) is 0.503. The molecule has 2 heteroatoms.